The molecular weight excluding hydrogens is 454 g/mol. The number of carbonyl (C=O) groups is 2. The van der Waals surface area contributed by atoms with Crippen LogP contribution in [-0.2, 0) is 9.53 Å². The molecule has 0 atom stereocenters. The molecule has 0 radical (unpaired) electrons. The van der Waals surface area contributed by atoms with Crippen molar-refractivity contribution >= 4 is 50.9 Å². The molecule has 4 aromatic rings. The minimum atomic E-state index is -0.352. The molecular formula is C25H23N3O3S2. The van der Waals surface area contributed by atoms with Gasteiger partial charge in [-0.3, -0.25) is 4.79 Å². The van der Waals surface area contributed by atoms with Crippen LogP contribution in [0.25, 0.3) is 21.3 Å². The molecule has 0 saturated heterocycles. The van der Waals surface area contributed by atoms with Gasteiger partial charge in [0.1, 0.15) is 16.2 Å². The molecule has 0 aliphatic carbocycles. The molecule has 0 fully saturated rings. The van der Waals surface area contributed by atoms with Crippen LogP contribution in [0, 0.1) is 0 Å². The second kappa shape index (κ2) is 11.1. The quantitative estimate of drug-likeness (QED) is 0.137. The molecule has 0 saturated carbocycles. The third kappa shape index (κ3) is 5.77. The Morgan fingerprint density at radius 1 is 1.06 bits per heavy atom. The predicted molar refractivity (Wildman–Crippen MR) is 134 cm³/mol. The maximum absolute atomic E-state index is 12.5. The Labute approximate surface area is 200 Å². The van der Waals surface area contributed by atoms with Crippen molar-refractivity contribution in [1.29, 1.82) is 0 Å². The standard InChI is InChI=1S/C25H23N3O3S2/c1-2-3-13-31-25(30)18-9-11-19(12-10-18)28-21(29)15-33-24-22-20(17-7-5-4-6-8-17)14-32-23(22)26-16-27-24/h4-12,14,16H,2-3,13,15H2,1H3,(H,28,29). The number of hydrogen-bond donors (Lipinski definition) is 1. The third-order valence-corrected chi connectivity index (χ3v) is 6.77. The highest BCUT2D eigenvalue weighted by molar-refractivity contribution is 8.00. The molecule has 2 heterocycles. The van der Waals surface area contributed by atoms with Gasteiger partial charge in [0, 0.05) is 16.6 Å². The number of aromatic nitrogens is 2. The Kier molecular flexibility index (Phi) is 7.70. The van der Waals surface area contributed by atoms with E-state index in [1.165, 1.54) is 18.1 Å². The molecule has 0 aliphatic heterocycles. The molecule has 0 unspecified atom stereocenters. The number of nitrogens with one attached hydrogen (secondary N) is 1. The van der Waals surface area contributed by atoms with E-state index in [9.17, 15) is 9.59 Å². The molecule has 8 heteroatoms. The van der Waals surface area contributed by atoms with Gasteiger partial charge in [0.2, 0.25) is 5.91 Å². The predicted octanol–water partition coefficient (Wildman–Crippen LogP) is 6.05. The smallest absolute Gasteiger partial charge is 0.338 e. The van der Waals surface area contributed by atoms with Crippen LogP contribution >= 0.6 is 23.1 Å². The molecule has 0 aliphatic rings. The number of hydrogen-bond acceptors (Lipinski definition) is 7. The highest BCUT2D eigenvalue weighted by Crippen LogP contribution is 2.37. The van der Waals surface area contributed by atoms with Gasteiger partial charge in [0.25, 0.3) is 0 Å². The first-order valence-corrected chi connectivity index (χ1v) is 12.5. The van der Waals surface area contributed by atoms with Crippen LogP contribution in [-0.4, -0.2) is 34.2 Å². The number of anilines is 1. The normalized spacial score (nSPS) is 10.8. The van der Waals surface area contributed by atoms with E-state index in [2.05, 4.69) is 32.8 Å². The summed E-state index contributed by atoms with van der Waals surface area (Å²) in [5.41, 5.74) is 3.26. The zero-order valence-electron chi connectivity index (χ0n) is 18.1. The van der Waals surface area contributed by atoms with Gasteiger partial charge in [-0.1, -0.05) is 55.4 Å². The lowest BCUT2D eigenvalue weighted by molar-refractivity contribution is -0.113. The zero-order chi connectivity index (χ0) is 23.0. The van der Waals surface area contributed by atoms with Crippen molar-refractivity contribution in [3.05, 3.63) is 71.9 Å². The average Bonchev–Trinajstić information content (AvgIpc) is 3.29. The largest absolute Gasteiger partial charge is 0.462 e. The van der Waals surface area contributed by atoms with Crippen LogP contribution in [0.5, 0.6) is 0 Å². The summed E-state index contributed by atoms with van der Waals surface area (Å²) in [6.07, 6.45) is 3.34. The van der Waals surface area contributed by atoms with E-state index in [0.29, 0.717) is 17.9 Å². The van der Waals surface area contributed by atoms with Crippen LogP contribution < -0.4 is 5.32 Å². The van der Waals surface area contributed by atoms with Gasteiger partial charge in [-0.05, 0) is 36.2 Å². The van der Waals surface area contributed by atoms with Crippen molar-refractivity contribution in [2.45, 2.75) is 24.8 Å². The summed E-state index contributed by atoms with van der Waals surface area (Å²) in [6.45, 7) is 2.46. The fraction of sp³-hybridized carbons (Fsp3) is 0.200. The van der Waals surface area contributed by atoms with Gasteiger partial charge in [0.15, 0.2) is 0 Å². The minimum absolute atomic E-state index is 0.151. The Morgan fingerprint density at radius 3 is 2.61 bits per heavy atom. The summed E-state index contributed by atoms with van der Waals surface area (Å²) < 4.78 is 5.21. The summed E-state index contributed by atoms with van der Waals surface area (Å²) in [7, 11) is 0. The first-order valence-electron chi connectivity index (χ1n) is 10.6. The van der Waals surface area contributed by atoms with E-state index >= 15 is 0 Å². The maximum atomic E-state index is 12.5. The maximum Gasteiger partial charge on any atom is 0.338 e. The number of carbonyl (C=O) groups excluding carboxylic acids is 2. The summed E-state index contributed by atoms with van der Waals surface area (Å²) >= 11 is 2.95. The van der Waals surface area contributed by atoms with Crippen LogP contribution in [0.1, 0.15) is 30.1 Å². The molecule has 0 bridgehead atoms. The van der Waals surface area contributed by atoms with Crippen LogP contribution in [0.15, 0.2) is 71.3 Å². The molecule has 2 aromatic heterocycles. The van der Waals surface area contributed by atoms with E-state index in [-0.39, 0.29) is 17.6 Å². The summed E-state index contributed by atoms with van der Waals surface area (Å²) in [5, 5.41) is 6.69. The van der Waals surface area contributed by atoms with Gasteiger partial charge in [-0.15, -0.1) is 11.3 Å². The number of rotatable bonds is 9. The Morgan fingerprint density at radius 2 is 1.85 bits per heavy atom. The number of thiophene rings is 1. The number of nitrogens with zero attached hydrogens (tertiary/aromatic N) is 2. The fourth-order valence-corrected chi connectivity index (χ4v) is 4.99. The number of benzene rings is 2. The molecule has 33 heavy (non-hydrogen) atoms. The van der Waals surface area contributed by atoms with Gasteiger partial charge >= 0.3 is 5.97 Å². The van der Waals surface area contributed by atoms with Crippen molar-refractivity contribution in [3.8, 4) is 11.1 Å². The van der Waals surface area contributed by atoms with Crippen molar-refractivity contribution in [3.63, 3.8) is 0 Å². The Bertz CT molecular complexity index is 1240. The van der Waals surface area contributed by atoms with Crippen molar-refractivity contribution < 1.29 is 14.3 Å². The highest BCUT2D eigenvalue weighted by atomic mass is 32.2. The molecule has 0 spiro atoms. The second-order valence-corrected chi connectivity index (χ2v) is 9.10. The Balaban J connectivity index is 1.39. The van der Waals surface area contributed by atoms with Crippen molar-refractivity contribution in [1.82, 2.24) is 9.97 Å². The van der Waals surface area contributed by atoms with E-state index in [4.69, 9.17) is 4.74 Å². The number of fused-ring (bicyclic) bond motifs is 1. The van der Waals surface area contributed by atoms with Crippen molar-refractivity contribution in [2.75, 3.05) is 17.7 Å². The van der Waals surface area contributed by atoms with Crippen LogP contribution in [0.4, 0.5) is 5.69 Å². The topological polar surface area (TPSA) is 81.2 Å². The lowest BCUT2D eigenvalue weighted by Gasteiger charge is -2.08. The number of unbranched alkanes of at least 4 members (excludes halogenated alkanes) is 1. The van der Waals surface area contributed by atoms with Gasteiger partial charge in [0.05, 0.1) is 23.3 Å². The first-order chi connectivity index (χ1) is 16.2. The van der Waals surface area contributed by atoms with Gasteiger partial charge in [-0.2, -0.15) is 0 Å². The number of esters is 1. The highest BCUT2D eigenvalue weighted by Gasteiger charge is 2.15. The van der Waals surface area contributed by atoms with E-state index in [1.54, 1.807) is 35.6 Å². The van der Waals surface area contributed by atoms with E-state index in [1.807, 2.05) is 25.1 Å². The van der Waals surface area contributed by atoms with Gasteiger partial charge < -0.3 is 10.1 Å². The van der Waals surface area contributed by atoms with Gasteiger partial charge in [-0.25, -0.2) is 14.8 Å². The van der Waals surface area contributed by atoms with Crippen LogP contribution in [0.3, 0.4) is 0 Å². The minimum Gasteiger partial charge on any atom is -0.462 e. The monoisotopic (exact) mass is 477 g/mol. The van der Waals surface area contributed by atoms with Crippen LogP contribution in [0.2, 0.25) is 0 Å². The zero-order valence-corrected chi connectivity index (χ0v) is 19.7. The molecule has 1 N–H and O–H groups in total. The number of ether oxygens (including phenoxy) is 1. The molecule has 1 amide bonds. The number of thioether (sulfide) groups is 1. The Hall–Kier alpha value is -3.23. The second-order valence-electron chi connectivity index (χ2n) is 7.28. The summed E-state index contributed by atoms with van der Waals surface area (Å²) in [4.78, 5) is 34.3. The van der Waals surface area contributed by atoms with Crippen molar-refractivity contribution in [2.24, 2.45) is 0 Å². The molecule has 168 valence electrons. The first kappa shape index (κ1) is 22.9. The van der Waals surface area contributed by atoms with E-state index < -0.39 is 0 Å². The summed E-state index contributed by atoms with van der Waals surface area (Å²) in [5.74, 6) is -0.298. The SMILES string of the molecule is CCCCOC(=O)c1ccc(NC(=O)CSc2ncnc3scc(-c4ccccc4)c23)cc1. The third-order valence-electron chi connectivity index (χ3n) is 4.90. The van der Waals surface area contributed by atoms with E-state index in [0.717, 1.165) is 39.2 Å². The fourth-order valence-electron chi connectivity index (χ4n) is 3.20. The lowest BCUT2D eigenvalue weighted by atomic mass is 10.1. The number of amides is 1. The molecule has 6 nitrogen and oxygen atoms in total. The molecule has 4 rings (SSSR count). The average molecular weight is 478 g/mol. The summed E-state index contributed by atoms with van der Waals surface area (Å²) in [6, 6.07) is 16.8. The lowest BCUT2D eigenvalue weighted by Crippen LogP contribution is -2.14. The molecule has 2 aromatic carbocycles.